The highest BCUT2D eigenvalue weighted by Gasteiger charge is 2.14. The van der Waals surface area contributed by atoms with Crippen molar-refractivity contribution in [3.63, 3.8) is 0 Å². The molecule has 7 heteroatoms. The second-order valence-electron chi connectivity index (χ2n) is 5.32. The standard InChI is InChI=1S/C17H15N7/c1-12(14-6-2-4-8-18-14)23-16-13-10-22-24(17(13)21-11-20-16)15-7-3-5-9-19-15/h2-12H,1H3,(H,20,21,23)/t12-/m1/s1. The molecule has 0 amide bonds. The monoisotopic (exact) mass is 317 g/mol. The zero-order valence-electron chi connectivity index (χ0n) is 13.0. The van der Waals surface area contributed by atoms with Gasteiger partial charge in [0.2, 0.25) is 0 Å². The molecule has 1 N–H and O–H groups in total. The minimum Gasteiger partial charge on any atom is -0.361 e. The second-order valence-corrected chi connectivity index (χ2v) is 5.32. The van der Waals surface area contributed by atoms with Crippen LogP contribution in [0.4, 0.5) is 5.82 Å². The number of nitrogens with zero attached hydrogens (tertiary/aromatic N) is 6. The first-order chi connectivity index (χ1) is 11.8. The quantitative estimate of drug-likeness (QED) is 0.623. The van der Waals surface area contributed by atoms with Crippen LogP contribution in [0, 0.1) is 0 Å². The third-order valence-electron chi connectivity index (χ3n) is 3.72. The van der Waals surface area contributed by atoms with Crippen LogP contribution in [-0.4, -0.2) is 29.7 Å². The number of rotatable bonds is 4. The number of pyridine rings is 2. The van der Waals surface area contributed by atoms with Gasteiger partial charge in [-0.2, -0.15) is 9.78 Å². The molecular weight excluding hydrogens is 302 g/mol. The van der Waals surface area contributed by atoms with Gasteiger partial charge in [-0.15, -0.1) is 0 Å². The molecule has 118 valence electrons. The predicted molar refractivity (Wildman–Crippen MR) is 90.7 cm³/mol. The maximum absolute atomic E-state index is 4.40. The Balaban J connectivity index is 1.71. The average Bonchev–Trinajstić information content (AvgIpc) is 3.08. The van der Waals surface area contributed by atoms with Crippen LogP contribution >= 0.6 is 0 Å². The van der Waals surface area contributed by atoms with Crippen LogP contribution in [0.15, 0.2) is 61.3 Å². The SMILES string of the molecule is C[C@@H](Nc1ncnc2c1cnn2-c1ccccn1)c1ccccn1. The highest BCUT2D eigenvalue weighted by Crippen LogP contribution is 2.24. The van der Waals surface area contributed by atoms with E-state index in [2.05, 4.69) is 30.4 Å². The Morgan fingerprint density at radius 1 is 0.958 bits per heavy atom. The summed E-state index contributed by atoms with van der Waals surface area (Å²) in [5.41, 5.74) is 1.65. The molecule has 4 aromatic heterocycles. The Morgan fingerprint density at radius 3 is 2.54 bits per heavy atom. The number of hydrogen-bond acceptors (Lipinski definition) is 6. The first kappa shape index (κ1) is 14.3. The van der Waals surface area contributed by atoms with Gasteiger partial charge in [0.1, 0.15) is 12.1 Å². The Hall–Kier alpha value is -3.35. The van der Waals surface area contributed by atoms with Crippen molar-refractivity contribution in [2.75, 3.05) is 5.32 Å². The zero-order chi connectivity index (χ0) is 16.4. The molecule has 0 saturated carbocycles. The summed E-state index contributed by atoms with van der Waals surface area (Å²) in [6.45, 7) is 2.04. The Bertz CT molecular complexity index is 951. The molecule has 0 radical (unpaired) electrons. The Labute approximate surface area is 138 Å². The first-order valence-corrected chi connectivity index (χ1v) is 7.60. The maximum atomic E-state index is 4.40. The number of hydrogen-bond donors (Lipinski definition) is 1. The summed E-state index contributed by atoms with van der Waals surface area (Å²) in [5, 5.41) is 8.62. The van der Waals surface area contributed by atoms with Gasteiger partial charge in [0.25, 0.3) is 0 Å². The van der Waals surface area contributed by atoms with Gasteiger partial charge in [-0.1, -0.05) is 12.1 Å². The molecule has 7 nitrogen and oxygen atoms in total. The number of aromatic nitrogens is 6. The van der Waals surface area contributed by atoms with Crippen LogP contribution < -0.4 is 5.32 Å². The van der Waals surface area contributed by atoms with Crippen molar-refractivity contribution in [1.82, 2.24) is 29.7 Å². The third kappa shape index (κ3) is 2.56. The van der Waals surface area contributed by atoms with Crippen molar-refractivity contribution in [1.29, 1.82) is 0 Å². The van der Waals surface area contributed by atoms with Gasteiger partial charge in [0.05, 0.1) is 23.3 Å². The fraction of sp³-hybridized carbons (Fsp3) is 0.118. The van der Waals surface area contributed by atoms with Crippen LogP contribution in [0.25, 0.3) is 16.9 Å². The minimum absolute atomic E-state index is 0.0162. The molecule has 0 aliphatic rings. The summed E-state index contributed by atoms with van der Waals surface area (Å²) in [5.74, 6) is 1.44. The summed E-state index contributed by atoms with van der Waals surface area (Å²) in [6, 6.07) is 11.5. The molecule has 0 aliphatic heterocycles. The van der Waals surface area contributed by atoms with E-state index in [4.69, 9.17) is 0 Å². The lowest BCUT2D eigenvalue weighted by Crippen LogP contribution is -2.10. The smallest absolute Gasteiger partial charge is 0.170 e. The number of nitrogens with one attached hydrogen (secondary N) is 1. The lowest BCUT2D eigenvalue weighted by Gasteiger charge is -2.14. The highest BCUT2D eigenvalue weighted by molar-refractivity contribution is 5.87. The summed E-state index contributed by atoms with van der Waals surface area (Å²) in [4.78, 5) is 17.4. The highest BCUT2D eigenvalue weighted by atomic mass is 15.3. The van der Waals surface area contributed by atoms with E-state index in [1.165, 1.54) is 6.33 Å². The van der Waals surface area contributed by atoms with Crippen LogP contribution in [0.1, 0.15) is 18.7 Å². The Kier molecular flexibility index (Phi) is 3.59. The second kappa shape index (κ2) is 6.04. The molecule has 0 aliphatic carbocycles. The molecule has 0 spiro atoms. The third-order valence-corrected chi connectivity index (χ3v) is 3.72. The zero-order valence-corrected chi connectivity index (χ0v) is 13.0. The topological polar surface area (TPSA) is 81.4 Å². The average molecular weight is 317 g/mol. The largest absolute Gasteiger partial charge is 0.361 e. The van der Waals surface area contributed by atoms with Gasteiger partial charge < -0.3 is 5.32 Å². The number of fused-ring (bicyclic) bond motifs is 1. The lowest BCUT2D eigenvalue weighted by molar-refractivity contribution is 0.832. The normalized spacial score (nSPS) is 12.2. The minimum atomic E-state index is 0.0162. The molecule has 24 heavy (non-hydrogen) atoms. The van der Waals surface area contributed by atoms with Crippen LogP contribution in [0.5, 0.6) is 0 Å². The van der Waals surface area contributed by atoms with E-state index in [9.17, 15) is 0 Å². The summed E-state index contributed by atoms with van der Waals surface area (Å²) >= 11 is 0. The molecule has 0 saturated heterocycles. The molecule has 0 fully saturated rings. The molecule has 4 rings (SSSR count). The fourth-order valence-electron chi connectivity index (χ4n) is 2.52. The van der Waals surface area contributed by atoms with Crippen LogP contribution in [0.2, 0.25) is 0 Å². The maximum Gasteiger partial charge on any atom is 0.170 e. The van der Waals surface area contributed by atoms with Gasteiger partial charge in [0.15, 0.2) is 11.5 Å². The number of anilines is 1. The van der Waals surface area contributed by atoms with Crippen LogP contribution in [0.3, 0.4) is 0 Å². The van der Waals surface area contributed by atoms with Gasteiger partial charge in [0, 0.05) is 12.4 Å². The van der Waals surface area contributed by atoms with Gasteiger partial charge >= 0.3 is 0 Å². The van der Waals surface area contributed by atoms with Crippen molar-refractivity contribution < 1.29 is 0 Å². The van der Waals surface area contributed by atoms with Crippen molar-refractivity contribution in [2.45, 2.75) is 13.0 Å². The Morgan fingerprint density at radius 2 is 1.79 bits per heavy atom. The summed E-state index contributed by atoms with van der Waals surface area (Å²) < 4.78 is 1.70. The van der Waals surface area contributed by atoms with E-state index in [0.717, 1.165) is 22.7 Å². The van der Waals surface area contributed by atoms with Gasteiger partial charge in [-0.05, 0) is 31.2 Å². The van der Waals surface area contributed by atoms with E-state index in [1.54, 1.807) is 23.3 Å². The van der Waals surface area contributed by atoms with E-state index in [1.807, 2.05) is 43.3 Å². The fourth-order valence-corrected chi connectivity index (χ4v) is 2.52. The van der Waals surface area contributed by atoms with E-state index >= 15 is 0 Å². The van der Waals surface area contributed by atoms with E-state index in [-0.39, 0.29) is 6.04 Å². The summed E-state index contributed by atoms with van der Waals surface area (Å²) in [6.07, 6.45) is 6.78. The van der Waals surface area contributed by atoms with Crippen molar-refractivity contribution in [2.24, 2.45) is 0 Å². The molecule has 0 unspecified atom stereocenters. The molecule has 1 atom stereocenters. The van der Waals surface area contributed by atoms with E-state index in [0.29, 0.717) is 5.65 Å². The van der Waals surface area contributed by atoms with E-state index < -0.39 is 0 Å². The van der Waals surface area contributed by atoms with Gasteiger partial charge in [-0.3, -0.25) is 4.98 Å². The first-order valence-electron chi connectivity index (χ1n) is 7.60. The van der Waals surface area contributed by atoms with Crippen molar-refractivity contribution in [3.05, 3.63) is 67.0 Å². The van der Waals surface area contributed by atoms with Crippen LogP contribution in [-0.2, 0) is 0 Å². The predicted octanol–water partition coefficient (Wildman–Crippen LogP) is 2.78. The molecule has 4 aromatic rings. The molecule has 0 bridgehead atoms. The molecule has 4 heterocycles. The lowest BCUT2D eigenvalue weighted by atomic mass is 10.2. The van der Waals surface area contributed by atoms with Gasteiger partial charge in [-0.25, -0.2) is 15.0 Å². The molecular formula is C17H15N7. The molecule has 0 aromatic carbocycles. The van der Waals surface area contributed by atoms with Crippen molar-refractivity contribution >= 4 is 16.9 Å². The summed E-state index contributed by atoms with van der Waals surface area (Å²) in [7, 11) is 0. The van der Waals surface area contributed by atoms with Crippen molar-refractivity contribution in [3.8, 4) is 5.82 Å².